The quantitative estimate of drug-likeness (QED) is 0.338. The lowest BCUT2D eigenvalue weighted by atomic mass is 9.59. The molecule has 2 atom stereocenters. The molecule has 0 spiro atoms. The van der Waals surface area contributed by atoms with Crippen molar-refractivity contribution in [1.82, 2.24) is 0 Å². The molecule has 144 valence electrons. The topological polar surface area (TPSA) is 0 Å². The third-order valence-electron chi connectivity index (χ3n) is 5.90. The van der Waals surface area contributed by atoms with Gasteiger partial charge in [0.25, 0.3) is 0 Å². The fourth-order valence-electron chi connectivity index (χ4n) is 4.49. The average molecular weight is 385 g/mol. The van der Waals surface area contributed by atoms with Gasteiger partial charge in [-0.05, 0) is 33.4 Å². The van der Waals surface area contributed by atoms with E-state index in [4.69, 9.17) is 0 Å². The normalized spacial score (nSPS) is 20.8. The van der Waals surface area contributed by atoms with E-state index >= 15 is 0 Å². The highest BCUT2D eigenvalue weighted by Crippen LogP contribution is 2.58. The van der Waals surface area contributed by atoms with Crippen molar-refractivity contribution in [3.63, 3.8) is 0 Å². The van der Waals surface area contributed by atoms with Gasteiger partial charge in [-0.1, -0.05) is 133 Å². The molecule has 4 aromatic carbocycles. The third kappa shape index (κ3) is 3.65. The van der Waals surface area contributed by atoms with E-state index in [0.717, 1.165) is 0 Å². The van der Waals surface area contributed by atoms with Crippen LogP contribution < -0.4 is 0 Å². The van der Waals surface area contributed by atoms with E-state index in [1.165, 1.54) is 33.4 Å². The highest BCUT2D eigenvalue weighted by atomic mass is 14.4. The maximum atomic E-state index is 2.37. The SMILES string of the molecule is C(=C1/C(=C\c2ccccc2)[C@H](c2ccccc2)[C@H]1c1ccccc1)/c1ccccc1. The van der Waals surface area contributed by atoms with Crippen molar-refractivity contribution in [1.29, 1.82) is 0 Å². The van der Waals surface area contributed by atoms with E-state index in [1.807, 2.05) is 0 Å². The lowest BCUT2D eigenvalue weighted by Gasteiger charge is -2.44. The van der Waals surface area contributed by atoms with Crippen LogP contribution in [0.15, 0.2) is 132 Å². The molecule has 0 N–H and O–H groups in total. The van der Waals surface area contributed by atoms with Gasteiger partial charge in [0.1, 0.15) is 0 Å². The van der Waals surface area contributed by atoms with Gasteiger partial charge in [-0.2, -0.15) is 0 Å². The summed E-state index contributed by atoms with van der Waals surface area (Å²) >= 11 is 0. The second kappa shape index (κ2) is 8.39. The molecule has 30 heavy (non-hydrogen) atoms. The van der Waals surface area contributed by atoms with Crippen LogP contribution in [-0.2, 0) is 0 Å². The minimum Gasteiger partial charge on any atom is -0.0622 e. The molecule has 0 heteroatoms. The van der Waals surface area contributed by atoms with Gasteiger partial charge in [-0.25, -0.2) is 0 Å². The molecule has 1 fully saturated rings. The summed E-state index contributed by atoms with van der Waals surface area (Å²) in [6, 6.07) is 43.2. The van der Waals surface area contributed by atoms with Gasteiger partial charge in [-0.15, -0.1) is 0 Å². The first kappa shape index (κ1) is 18.4. The van der Waals surface area contributed by atoms with Crippen molar-refractivity contribution in [3.8, 4) is 0 Å². The van der Waals surface area contributed by atoms with E-state index in [2.05, 4.69) is 133 Å². The molecule has 0 saturated heterocycles. The maximum absolute atomic E-state index is 2.37. The number of benzene rings is 4. The van der Waals surface area contributed by atoms with Crippen LogP contribution in [-0.4, -0.2) is 0 Å². The Kier molecular flexibility index (Phi) is 5.14. The van der Waals surface area contributed by atoms with Crippen LogP contribution in [0.2, 0.25) is 0 Å². The Morgan fingerprint density at radius 2 is 0.667 bits per heavy atom. The monoisotopic (exact) mass is 384 g/mol. The molecular formula is C30H24. The van der Waals surface area contributed by atoms with Crippen LogP contribution in [0.1, 0.15) is 34.1 Å². The van der Waals surface area contributed by atoms with Gasteiger partial charge in [0.05, 0.1) is 0 Å². The van der Waals surface area contributed by atoms with Gasteiger partial charge < -0.3 is 0 Å². The van der Waals surface area contributed by atoms with Crippen LogP contribution in [0.3, 0.4) is 0 Å². The highest BCUT2D eigenvalue weighted by Gasteiger charge is 2.42. The van der Waals surface area contributed by atoms with Crippen molar-refractivity contribution >= 4 is 12.2 Å². The lowest BCUT2D eigenvalue weighted by Crippen LogP contribution is -2.28. The summed E-state index contributed by atoms with van der Waals surface area (Å²) in [4.78, 5) is 0. The first-order valence-corrected chi connectivity index (χ1v) is 10.5. The zero-order valence-corrected chi connectivity index (χ0v) is 16.9. The van der Waals surface area contributed by atoms with E-state index in [-0.39, 0.29) is 0 Å². The largest absolute Gasteiger partial charge is 0.0622 e. The summed E-state index contributed by atoms with van der Waals surface area (Å²) in [6.45, 7) is 0. The smallest absolute Gasteiger partial charge is 0.0202 e. The van der Waals surface area contributed by atoms with Crippen molar-refractivity contribution in [2.24, 2.45) is 0 Å². The summed E-state index contributed by atoms with van der Waals surface area (Å²) in [5, 5.41) is 0. The molecular weight excluding hydrogens is 360 g/mol. The Morgan fingerprint density at radius 3 is 1.00 bits per heavy atom. The summed E-state index contributed by atoms with van der Waals surface area (Å²) in [5.41, 5.74) is 8.06. The summed E-state index contributed by atoms with van der Waals surface area (Å²) in [5.74, 6) is 0.701. The molecule has 1 aliphatic rings. The Labute approximate surface area is 178 Å². The van der Waals surface area contributed by atoms with Gasteiger partial charge >= 0.3 is 0 Å². The van der Waals surface area contributed by atoms with Crippen LogP contribution in [0.5, 0.6) is 0 Å². The van der Waals surface area contributed by atoms with Gasteiger partial charge in [-0.3, -0.25) is 0 Å². The van der Waals surface area contributed by atoms with Crippen LogP contribution in [0.25, 0.3) is 12.2 Å². The van der Waals surface area contributed by atoms with Gasteiger partial charge in [0, 0.05) is 11.8 Å². The van der Waals surface area contributed by atoms with Crippen molar-refractivity contribution < 1.29 is 0 Å². The molecule has 0 nitrogen and oxygen atoms in total. The molecule has 0 aromatic heterocycles. The molecule has 0 radical (unpaired) electrons. The molecule has 0 unspecified atom stereocenters. The standard InChI is InChI=1S/C30H24/c1-5-13-23(14-6-1)21-27-28(22-24-15-7-2-8-16-24)30(26-19-11-4-12-20-26)29(27)25-17-9-3-10-18-25/h1-22,29-30H/b27-21+,28-22+/t29-,30-/m0/s1. The highest BCUT2D eigenvalue weighted by molar-refractivity contribution is 5.77. The number of hydrogen-bond acceptors (Lipinski definition) is 0. The summed E-state index contributed by atoms with van der Waals surface area (Å²) in [7, 11) is 0. The Hall–Kier alpha value is -3.64. The van der Waals surface area contributed by atoms with E-state index in [9.17, 15) is 0 Å². The van der Waals surface area contributed by atoms with Crippen LogP contribution in [0.4, 0.5) is 0 Å². The zero-order valence-electron chi connectivity index (χ0n) is 16.9. The molecule has 5 rings (SSSR count). The molecule has 0 bridgehead atoms. The number of hydrogen-bond donors (Lipinski definition) is 0. The fraction of sp³-hybridized carbons (Fsp3) is 0.0667. The van der Waals surface area contributed by atoms with Gasteiger partial charge in [0.2, 0.25) is 0 Å². The average Bonchev–Trinajstić information content (AvgIpc) is 2.82. The third-order valence-corrected chi connectivity index (χ3v) is 5.90. The summed E-state index contributed by atoms with van der Waals surface area (Å²) in [6.07, 6.45) is 4.73. The van der Waals surface area contributed by atoms with E-state index in [1.54, 1.807) is 0 Å². The minimum atomic E-state index is 0.351. The predicted octanol–water partition coefficient (Wildman–Crippen LogP) is 7.73. The van der Waals surface area contributed by atoms with Crippen molar-refractivity contribution in [2.75, 3.05) is 0 Å². The summed E-state index contributed by atoms with van der Waals surface area (Å²) < 4.78 is 0. The molecule has 0 aliphatic heterocycles. The molecule has 4 aromatic rings. The number of allylic oxidation sites excluding steroid dienone is 2. The van der Waals surface area contributed by atoms with Crippen LogP contribution in [0, 0.1) is 0 Å². The Balaban J connectivity index is 1.68. The lowest BCUT2D eigenvalue weighted by molar-refractivity contribution is 0.596. The second-order valence-electron chi connectivity index (χ2n) is 7.80. The van der Waals surface area contributed by atoms with E-state index < -0.39 is 0 Å². The van der Waals surface area contributed by atoms with Crippen molar-refractivity contribution in [3.05, 3.63) is 155 Å². The Bertz CT molecular complexity index is 1060. The first-order valence-electron chi connectivity index (χ1n) is 10.5. The molecule has 0 heterocycles. The zero-order chi connectivity index (χ0) is 20.2. The maximum Gasteiger partial charge on any atom is 0.0202 e. The first-order chi connectivity index (χ1) is 14.9. The van der Waals surface area contributed by atoms with E-state index in [0.29, 0.717) is 11.8 Å². The number of rotatable bonds is 4. The van der Waals surface area contributed by atoms with Gasteiger partial charge in [0.15, 0.2) is 0 Å². The fourth-order valence-corrected chi connectivity index (χ4v) is 4.49. The molecule has 1 aliphatic carbocycles. The predicted molar refractivity (Wildman–Crippen MR) is 127 cm³/mol. The Morgan fingerprint density at radius 1 is 0.367 bits per heavy atom. The second-order valence-corrected chi connectivity index (χ2v) is 7.80. The minimum absolute atomic E-state index is 0.351. The van der Waals surface area contributed by atoms with Crippen LogP contribution >= 0.6 is 0 Å². The molecule has 1 saturated carbocycles. The molecule has 0 amide bonds. The van der Waals surface area contributed by atoms with Crippen molar-refractivity contribution in [2.45, 2.75) is 11.8 Å².